The highest BCUT2D eigenvalue weighted by molar-refractivity contribution is 6.17. The topological polar surface area (TPSA) is 40.8 Å². The average Bonchev–Trinajstić information content (AvgIpc) is 3.94. The second-order valence-electron chi connectivity index (χ2n) is 13.6. The summed E-state index contributed by atoms with van der Waals surface area (Å²) in [6.45, 7) is 0. The molecule has 12 aromatic rings. The highest BCUT2D eigenvalue weighted by Gasteiger charge is 2.23. The van der Waals surface area contributed by atoms with Gasteiger partial charge in [0.05, 0.1) is 38.8 Å². The van der Waals surface area contributed by atoms with Crippen molar-refractivity contribution in [3.63, 3.8) is 0 Å². The van der Waals surface area contributed by atoms with Crippen molar-refractivity contribution in [2.24, 2.45) is 0 Å². The van der Waals surface area contributed by atoms with E-state index in [4.69, 9.17) is 9.40 Å². The zero-order chi connectivity index (χ0) is 33.9. The molecule has 242 valence electrons. The molecule has 0 aliphatic heterocycles. The lowest BCUT2D eigenvalue weighted by molar-refractivity contribution is 0.663. The number of nitrogens with zero attached hydrogens (tertiary/aromatic N) is 4. The second kappa shape index (κ2) is 10.2. The van der Waals surface area contributed by atoms with Gasteiger partial charge in [0.1, 0.15) is 5.58 Å². The van der Waals surface area contributed by atoms with E-state index in [0.29, 0.717) is 0 Å². The summed E-state index contributed by atoms with van der Waals surface area (Å²) in [6, 6.07) is 58.5. The second-order valence-corrected chi connectivity index (χ2v) is 13.6. The third-order valence-corrected chi connectivity index (χ3v) is 10.9. The van der Waals surface area contributed by atoms with Gasteiger partial charge in [0.25, 0.3) is 0 Å². The van der Waals surface area contributed by atoms with Crippen LogP contribution in [0.2, 0.25) is 0 Å². The van der Waals surface area contributed by atoms with E-state index in [9.17, 15) is 0 Å². The Morgan fingerprint density at radius 1 is 0.385 bits per heavy atom. The Morgan fingerprint density at radius 3 is 1.48 bits per heavy atom. The van der Waals surface area contributed by atoms with Gasteiger partial charge in [0.2, 0.25) is 0 Å². The van der Waals surface area contributed by atoms with Gasteiger partial charge in [-0.05, 0) is 60.7 Å². The molecule has 0 saturated heterocycles. The van der Waals surface area contributed by atoms with Crippen LogP contribution in [0.15, 0.2) is 174 Å². The van der Waals surface area contributed by atoms with Crippen molar-refractivity contribution in [2.75, 3.05) is 0 Å². The first-order valence-corrected chi connectivity index (χ1v) is 17.6. The monoisotopic (exact) mass is 664 g/mol. The maximum atomic E-state index is 6.82. The fraction of sp³-hybridized carbons (Fsp3) is 0. The van der Waals surface area contributed by atoms with Gasteiger partial charge in [-0.25, -0.2) is 4.98 Å². The molecule has 12 rings (SSSR count). The molecule has 0 aliphatic rings. The minimum atomic E-state index is 0.761. The molecule has 0 N–H and O–H groups in total. The Bertz CT molecular complexity index is 3320. The molecule has 0 atom stereocenters. The lowest BCUT2D eigenvalue weighted by Gasteiger charge is -2.14. The number of aromatic nitrogens is 4. The summed E-state index contributed by atoms with van der Waals surface area (Å²) in [5.74, 6) is 0.770. The maximum Gasteiger partial charge on any atom is 0.181 e. The molecule has 0 unspecified atom stereocenters. The average molecular weight is 665 g/mol. The molecule has 0 spiro atoms. The summed E-state index contributed by atoms with van der Waals surface area (Å²) < 4.78 is 13.9. The zero-order valence-corrected chi connectivity index (χ0v) is 27.9. The molecule has 0 amide bonds. The standard InChI is InChI=1S/C47H28N4O/c1-6-18-38-30(12-1)31-13-2-7-19-39(31)49(38)29-24-25-44-37(28-29)36-26-27-48-47(46(36)52-44)51-42-22-10-5-16-34(42)35-17-11-23-43(45(35)51)50-40-20-8-3-14-32(40)33-15-4-9-21-41(33)50/h1-28H. The molecule has 5 heteroatoms. The first-order valence-electron chi connectivity index (χ1n) is 17.6. The van der Waals surface area contributed by atoms with Gasteiger partial charge < -0.3 is 13.6 Å². The van der Waals surface area contributed by atoms with E-state index < -0.39 is 0 Å². The smallest absolute Gasteiger partial charge is 0.181 e. The summed E-state index contributed by atoms with van der Waals surface area (Å²) in [6.07, 6.45) is 1.92. The molecule has 0 fully saturated rings. The van der Waals surface area contributed by atoms with Crippen LogP contribution in [0.1, 0.15) is 0 Å². The van der Waals surface area contributed by atoms with Gasteiger partial charge >= 0.3 is 0 Å². The van der Waals surface area contributed by atoms with E-state index in [-0.39, 0.29) is 0 Å². The molecule has 5 heterocycles. The molecule has 5 aromatic heterocycles. The number of rotatable bonds is 3. The van der Waals surface area contributed by atoms with Gasteiger partial charge in [-0.1, -0.05) is 103 Å². The van der Waals surface area contributed by atoms with Crippen molar-refractivity contribution < 1.29 is 4.42 Å². The number of benzene rings is 7. The van der Waals surface area contributed by atoms with Gasteiger partial charge in [-0.3, -0.25) is 4.57 Å². The molecule has 52 heavy (non-hydrogen) atoms. The molecule has 0 radical (unpaired) electrons. The van der Waals surface area contributed by atoms with Crippen molar-refractivity contribution in [2.45, 2.75) is 0 Å². The first kappa shape index (κ1) is 27.7. The van der Waals surface area contributed by atoms with Crippen LogP contribution in [-0.4, -0.2) is 18.7 Å². The van der Waals surface area contributed by atoms with Crippen LogP contribution in [-0.2, 0) is 0 Å². The molecular weight excluding hydrogens is 637 g/mol. The van der Waals surface area contributed by atoms with Crippen LogP contribution in [0.5, 0.6) is 0 Å². The normalized spacial score (nSPS) is 12.2. The van der Waals surface area contributed by atoms with Gasteiger partial charge in [-0.2, -0.15) is 0 Å². The third kappa shape index (κ3) is 3.59. The Balaban J connectivity index is 1.16. The Kier molecular flexibility index (Phi) is 5.44. The summed E-state index contributed by atoms with van der Waals surface area (Å²) in [4.78, 5) is 5.10. The lowest BCUT2D eigenvalue weighted by atomic mass is 10.1. The number of fused-ring (bicyclic) bond motifs is 12. The van der Waals surface area contributed by atoms with Crippen LogP contribution in [0, 0.1) is 0 Å². The summed E-state index contributed by atoms with van der Waals surface area (Å²) in [7, 11) is 0. The number of pyridine rings is 1. The largest absolute Gasteiger partial charge is 0.452 e. The van der Waals surface area contributed by atoms with Crippen LogP contribution >= 0.6 is 0 Å². The zero-order valence-electron chi connectivity index (χ0n) is 27.9. The summed E-state index contributed by atoms with van der Waals surface area (Å²) in [5.41, 5.74) is 10.6. The summed E-state index contributed by atoms with van der Waals surface area (Å²) in [5, 5.41) is 9.37. The number of furan rings is 1. The van der Waals surface area contributed by atoms with E-state index >= 15 is 0 Å². The first-order chi connectivity index (χ1) is 25.8. The Hall–Kier alpha value is -7.11. The summed E-state index contributed by atoms with van der Waals surface area (Å²) >= 11 is 0. The quantitative estimate of drug-likeness (QED) is 0.189. The van der Waals surface area contributed by atoms with Crippen LogP contribution < -0.4 is 0 Å². The van der Waals surface area contributed by atoms with Crippen molar-refractivity contribution >= 4 is 87.4 Å². The fourth-order valence-corrected chi connectivity index (χ4v) is 8.76. The number of para-hydroxylation sites is 6. The van der Waals surface area contributed by atoms with E-state index in [2.05, 4.69) is 177 Å². The van der Waals surface area contributed by atoms with E-state index in [1.807, 2.05) is 6.20 Å². The van der Waals surface area contributed by atoms with E-state index in [1.54, 1.807) is 0 Å². The Morgan fingerprint density at radius 2 is 0.885 bits per heavy atom. The highest BCUT2D eigenvalue weighted by Crippen LogP contribution is 2.42. The minimum Gasteiger partial charge on any atom is -0.452 e. The highest BCUT2D eigenvalue weighted by atomic mass is 16.3. The number of hydrogen-bond donors (Lipinski definition) is 0. The molecule has 5 nitrogen and oxygen atoms in total. The minimum absolute atomic E-state index is 0.761. The third-order valence-electron chi connectivity index (χ3n) is 10.9. The SMILES string of the molecule is c1ccc2c(c1)c1ccccc1n2-c1ccc2oc3c(-n4c5ccccc5c5cccc(-n6c7ccccc7c7ccccc76)c54)nccc3c2c1. The van der Waals surface area contributed by atoms with Crippen LogP contribution in [0.25, 0.3) is 105 Å². The van der Waals surface area contributed by atoms with Crippen LogP contribution in [0.3, 0.4) is 0 Å². The van der Waals surface area contributed by atoms with Gasteiger partial charge in [0, 0.05) is 55.0 Å². The lowest BCUT2D eigenvalue weighted by Crippen LogP contribution is -2.02. The van der Waals surface area contributed by atoms with Crippen molar-refractivity contribution in [3.05, 3.63) is 170 Å². The Labute approximate surface area is 296 Å². The van der Waals surface area contributed by atoms with E-state index in [0.717, 1.165) is 50.2 Å². The van der Waals surface area contributed by atoms with E-state index in [1.165, 1.54) is 54.4 Å². The predicted molar refractivity (Wildman–Crippen MR) is 215 cm³/mol. The van der Waals surface area contributed by atoms with Gasteiger partial charge in [0.15, 0.2) is 11.4 Å². The molecule has 7 aromatic carbocycles. The molecule has 0 saturated carbocycles. The van der Waals surface area contributed by atoms with Crippen molar-refractivity contribution in [1.29, 1.82) is 0 Å². The number of hydrogen-bond acceptors (Lipinski definition) is 2. The fourth-order valence-electron chi connectivity index (χ4n) is 8.76. The van der Waals surface area contributed by atoms with Crippen molar-refractivity contribution in [1.82, 2.24) is 18.7 Å². The maximum absolute atomic E-state index is 6.82. The van der Waals surface area contributed by atoms with Gasteiger partial charge in [-0.15, -0.1) is 0 Å². The predicted octanol–water partition coefficient (Wildman–Crippen LogP) is 12.3. The molecule has 0 aliphatic carbocycles. The van der Waals surface area contributed by atoms with Crippen LogP contribution in [0.4, 0.5) is 0 Å². The van der Waals surface area contributed by atoms with Crippen molar-refractivity contribution in [3.8, 4) is 17.2 Å². The molecular formula is C47H28N4O. The molecule has 0 bridgehead atoms.